The molecule has 142 valence electrons. The molecule has 0 bridgehead atoms. The third-order valence-electron chi connectivity index (χ3n) is 4.44. The third kappa shape index (κ3) is 4.04. The zero-order chi connectivity index (χ0) is 20.4. The van der Waals surface area contributed by atoms with Gasteiger partial charge in [0.15, 0.2) is 0 Å². The Bertz CT molecular complexity index is 1210. The summed E-state index contributed by atoms with van der Waals surface area (Å²) in [5, 5.41) is 10.7. The van der Waals surface area contributed by atoms with E-state index in [0.717, 1.165) is 21.2 Å². The van der Waals surface area contributed by atoms with Gasteiger partial charge in [0.2, 0.25) is 0 Å². The minimum atomic E-state index is -0.308. The van der Waals surface area contributed by atoms with Gasteiger partial charge >= 0.3 is 0 Å². The second-order valence-electron chi connectivity index (χ2n) is 6.40. The molecule has 0 unspecified atom stereocenters. The van der Waals surface area contributed by atoms with E-state index >= 15 is 0 Å². The first-order chi connectivity index (χ1) is 14.0. The van der Waals surface area contributed by atoms with Gasteiger partial charge in [-0.3, -0.25) is 0 Å². The van der Waals surface area contributed by atoms with Gasteiger partial charge in [-0.15, -0.1) is 0 Å². The minimum absolute atomic E-state index is 0.308. The smallest absolute Gasteiger partial charge is 0.141 e. The Morgan fingerprint density at radius 3 is 2.38 bits per heavy atom. The van der Waals surface area contributed by atoms with Crippen molar-refractivity contribution in [3.8, 4) is 28.7 Å². The highest BCUT2D eigenvalue weighted by Gasteiger charge is 2.19. The lowest BCUT2D eigenvalue weighted by atomic mass is 10.1. The van der Waals surface area contributed by atoms with Crippen LogP contribution in [0.4, 0.5) is 4.39 Å². The Morgan fingerprint density at radius 1 is 1.00 bits per heavy atom. The van der Waals surface area contributed by atoms with Crippen molar-refractivity contribution < 1.29 is 4.39 Å². The van der Waals surface area contributed by atoms with Gasteiger partial charge < -0.3 is 4.57 Å². The third-order valence-corrected chi connectivity index (χ3v) is 5.86. The molecular formula is C23H15ClFN3S. The average Bonchev–Trinajstić information content (AvgIpc) is 3.06. The molecule has 3 nitrogen and oxygen atoms in total. The molecule has 0 aliphatic carbocycles. The molecule has 29 heavy (non-hydrogen) atoms. The molecule has 0 saturated heterocycles. The van der Waals surface area contributed by atoms with Crippen molar-refractivity contribution >= 4 is 23.4 Å². The normalized spacial score (nSPS) is 10.7. The average molecular weight is 420 g/mol. The van der Waals surface area contributed by atoms with Gasteiger partial charge in [-0.25, -0.2) is 9.37 Å². The van der Waals surface area contributed by atoms with E-state index in [-0.39, 0.29) is 5.82 Å². The lowest BCUT2D eigenvalue weighted by Crippen LogP contribution is -1.95. The van der Waals surface area contributed by atoms with Crippen molar-refractivity contribution in [1.82, 2.24) is 9.55 Å². The van der Waals surface area contributed by atoms with Crippen LogP contribution in [0.2, 0.25) is 5.02 Å². The summed E-state index contributed by atoms with van der Waals surface area (Å²) < 4.78 is 15.8. The highest BCUT2D eigenvalue weighted by atomic mass is 35.5. The quantitative estimate of drug-likeness (QED) is 0.375. The van der Waals surface area contributed by atoms with E-state index < -0.39 is 0 Å². The summed E-state index contributed by atoms with van der Waals surface area (Å²) in [4.78, 5) is 5.84. The van der Waals surface area contributed by atoms with Gasteiger partial charge in [0, 0.05) is 28.1 Å². The second kappa shape index (κ2) is 8.12. The molecule has 0 spiro atoms. The molecule has 0 aliphatic heterocycles. The number of benzene rings is 3. The van der Waals surface area contributed by atoms with Crippen molar-refractivity contribution in [2.45, 2.75) is 9.92 Å². The number of halogens is 2. The van der Waals surface area contributed by atoms with Gasteiger partial charge in [0.05, 0.1) is 11.6 Å². The molecule has 0 radical (unpaired) electrons. The van der Waals surface area contributed by atoms with Crippen LogP contribution in [0.3, 0.4) is 0 Å². The maximum absolute atomic E-state index is 13.8. The fourth-order valence-corrected chi connectivity index (χ4v) is 4.10. The number of nitrogens with zero attached hydrogens (tertiary/aromatic N) is 3. The molecule has 0 amide bonds. The molecule has 1 aromatic heterocycles. The van der Waals surface area contributed by atoms with Crippen LogP contribution >= 0.6 is 23.4 Å². The first-order valence-corrected chi connectivity index (χ1v) is 10.0. The maximum Gasteiger partial charge on any atom is 0.141 e. The van der Waals surface area contributed by atoms with Crippen molar-refractivity contribution in [2.75, 3.05) is 0 Å². The van der Waals surface area contributed by atoms with Gasteiger partial charge in [-0.05, 0) is 48.5 Å². The molecular weight excluding hydrogens is 405 g/mol. The SMILES string of the molecule is Cn1c(-c2cccc(F)c2)nc(-c2ccc(C#N)cc2)c1Sc1ccc(Cl)cc1. The molecule has 0 saturated carbocycles. The molecule has 3 aromatic carbocycles. The Balaban J connectivity index is 1.86. The van der Waals surface area contributed by atoms with E-state index in [2.05, 4.69) is 6.07 Å². The number of hydrogen-bond acceptors (Lipinski definition) is 3. The highest BCUT2D eigenvalue weighted by Crippen LogP contribution is 2.38. The summed E-state index contributed by atoms with van der Waals surface area (Å²) in [5.74, 6) is 0.359. The Morgan fingerprint density at radius 2 is 1.72 bits per heavy atom. The zero-order valence-electron chi connectivity index (χ0n) is 15.4. The number of aromatic nitrogens is 2. The van der Waals surface area contributed by atoms with E-state index in [0.29, 0.717) is 22.0 Å². The molecule has 0 atom stereocenters. The lowest BCUT2D eigenvalue weighted by molar-refractivity contribution is 0.628. The molecule has 4 rings (SSSR count). The van der Waals surface area contributed by atoms with Gasteiger partial charge in [-0.1, -0.05) is 47.6 Å². The van der Waals surface area contributed by atoms with E-state index in [1.807, 2.05) is 54.1 Å². The molecule has 1 heterocycles. The van der Waals surface area contributed by atoms with Crippen LogP contribution < -0.4 is 0 Å². The van der Waals surface area contributed by atoms with Crippen LogP contribution in [0.25, 0.3) is 22.6 Å². The molecule has 4 aromatic rings. The van der Waals surface area contributed by atoms with Crippen LogP contribution in [0.15, 0.2) is 82.7 Å². The summed E-state index contributed by atoms with van der Waals surface area (Å²) in [6.45, 7) is 0. The summed E-state index contributed by atoms with van der Waals surface area (Å²) >= 11 is 7.57. The van der Waals surface area contributed by atoms with Gasteiger partial charge in [-0.2, -0.15) is 5.26 Å². The van der Waals surface area contributed by atoms with Gasteiger partial charge in [0.25, 0.3) is 0 Å². The van der Waals surface area contributed by atoms with Crippen molar-refractivity contribution in [3.63, 3.8) is 0 Å². The summed E-state index contributed by atoms with van der Waals surface area (Å²) in [5.41, 5.74) is 2.95. The van der Waals surface area contributed by atoms with Gasteiger partial charge in [0.1, 0.15) is 22.4 Å². The Hall–Kier alpha value is -3.07. The van der Waals surface area contributed by atoms with E-state index in [1.165, 1.54) is 12.1 Å². The predicted molar refractivity (Wildman–Crippen MR) is 114 cm³/mol. The largest absolute Gasteiger partial charge is 0.322 e. The monoisotopic (exact) mass is 419 g/mol. The van der Waals surface area contributed by atoms with Crippen LogP contribution in [0.5, 0.6) is 0 Å². The minimum Gasteiger partial charge on any atom is -0.322 e. The molecule has 0 aliphatic rings. The Labute approximate surface area is 177 Å². The Kier molecular flexibility index (Phi) is 5.39. The highest BCUT2D eigenvalue weighted by molar-refractivity contribution is 7.99. The fraction of sp³-hybridized carbons (Fsp3) is 0.0435. The van der Waals surface area contributed by atoms with Crippen molar-refractivity contribution in [3.05, 3.63) is 89.2 Å². The molecule has 6 heteroatoms. The zero-order valence-corrected chi connectivity index (χ0v) is 17.0. The number of rotatable bonds is 4. The van der Waals surface area contributed by atoms with Crippen LogP contribution in [0, 0.1) is 17.1 Å². The van der Waals surface area contributed by atoms with Crippen LogP contribution in [0.1, 0.15) is 5.56 Å². The van der Waals surface area contributed by atoms with E-state index in [4.69, 9.17) is 21.8 Å². The fourth-order valence-electron chi connectivity index (χ4n) is 2.99. The summed E-state index contributed by atoms with van der Waals surface area (Å²) in [6.07, 6.45) is 0. The first-order valence-electron chi connectivity index (χ1n) is 8.82. The van der Waals surface area contributed by atoms with Crippen LogP contribution in [-0.2, 0) is 7.05 Å². The summed E-state index contributed by atoms with van der Waals surface area (Å²) in [6, 6.07) is 23.4. The standard InChI is InChI=1S/C23H15ClFN3S/c1-28-22(17-3-2-4-19(25)13-17)27-21(16-7-5-15(14-26)6-8-16)23(28)29-20-11-9-18(24)10-12-20/h2-13H,1H3. The van der Waals surface area contributed by atoms with Crippen LogP contribution in [-0.4, -0.2) is 9.55 Å². The summed E-state index contributed by atoms with van der Waals surface area (Å²) in [7, 11) is 1.92. The van der Waals surface area contributed by atoms with E-state index in [1.54, 1.807) is 30.0 Å². The van der Waals surface area contributed by atoms with E-state index in [9.17, 15) is 4.39 Å². The molecule has 0 fully saturated rings. The predicted octanol–water partition coefficient (Wildman–Crippen LogP) is 6.57. The van der Waals surface area contributed by atoms with Crippen molar-refractivity contribution in [2.24, 2.45) is 7.05 Å². The second-order valence-corrected chi connectivity index (χ2v) is 7.90. The maximum atomic E-state index is 13.8. The number of nitriles is 1. The first kappa shape index (κ1) is 19.3. The van der Waals surface area contributed by atoms with Crippen molar-refractivity contribution in [1.29, 1.82) is 5.26 Å². The lowest BCUT2D eigenvalue weighted by Gasteiger charge is -2.08. The number of hydrogen-bond donors (Lipinski definition) is 0. The number of imidazole rings is 1. The molecule has 0 N–H and O–H groups in total. The topological polar surface area (TPSA) is 41.6 Å².